The van der Waals surface area contributed by atoms with E-state index in [4.69, 9.17) is 19.0 Å². The van der Waals surface area contributed by atoms with Gasteiger partial charge in [0.05, 0.1) is 32.4 Å². The minimum atomic E-state index is -0.443. The van der Waals surface area contributed by atoms with Gasteiger partial charge in [-0.05, 0) is 43.2 Å². The number of aromatic nitrogens is 2. The van der Waals surface area contributed by atoms with Crippen molar-refractivity contribution in [1.29, 1.82) is 0 Å². The van der Waals surface area contributed by atoms with E-state index in [0.29, 0.717) is 29.8 Å². The van der Waals surface area contributed by atoms with Crippen molar-refractivity contribution in [3.8, 4) is 22.9 Å². The first-order valence-corrected chi connectivity index (χ1v) is 11.9. The Hall–Kier alpha value is -4.59. The van der Waals surface area contributed by atoms with Crippen molar-refractivity contribution in [3.63, 3.8) is 0 Å². The van der Waals surface area contributed by atoms with Crippen LogP contribution in [0.4, 0.5) is 4.79 Å². The maximum absolute atomic E-state index is 13.4. The van der Waals surface area contributed by atoms with Gasteiger partial charge < -0.3 is 19.3 Å². The average molecular weight is 497 g/mol. The second-order valence-corrected chi connectivity index (χ2v) is 8.86. The number of carbonyl (C=O) groups excluding carboxylic acids is 1. The van der Waals surface area contributed by atoms with Gasteiger partial charge in [0.15, 0.2) is 11.5 Å². The summed E-state index contributed by atoms with van der Waals surface area (Å²) in [6.07, 6.45) is 0. The van der Waals surface area contributed by atoms with Crippen LogP contribution < -0.4 is 14.8 Å². The summed E-state index contributed by atoms with van der Waals surface area (Å²) in [5.74, 6) is 2.08. The SMILES string of the molecule is COc1ccc(CN2C(=O)NC(c3ccccc3)C(c3nc(-c4cccc(C)c4)no3)=C2C)cc1OC. The number of urea groups is 1. The summed E-state index contributed by atoms with van der Waals surface area (Å²) >= 11 is 0. The molecule has 1 unspecified atom stereocenters. The Morgan fingerprint density at radius 2 is 1.73 bits per heavy atom. The third-order valence-corrected chi connectivity index (χ3v) is 6.45. The van der Waals surface area contributed by atoms with E-state index in [1.54, 1.807) is 19.1 Å². The van der Waals surface area contributed by atoms with Crippen molar-refractivity contribution in [3.05, 3.63) is 101 Å². The minimum absolute atomic E-state index is 0.219. The fraction of sp³-hybridized carbons (Fsp3) is 0.207. The van der Waals surface area contributed by atoms with Gasteiger partial charge in [0.25, 0.3) is 5.89 Å². The molecule has 4 aromatic rings. The summed E-state index contributed by atoms with van der Waals surface area (Å²) in [5.41, 5.74) is 5.25. The standard InChI is InChI=1S/C29H28N4O4/c1-18-9-8-12-22(15-18)27-31-28(37-32-27)25-19(2)33(17-20-13-14-23(35-3)24(16-20)36-4)29(34)30-26(25)21-10-6-5-7-11-21/h5-16,26H,17H2,1-4H3,(H,30,34). The van der Waals surface area contributed by atoms with Crippen molar-refractivity contribution >= 4 is 11.6 Å². The molecular weight excluding hydrogens is 468 g/mol. The number of amides is 2. The lowest BCUT2D eigenvalue weighted by Gasteiger charge is -2.35. The van der Waals surface area contributed by atoms with E-state index in [1.807, 2.05) is 86.6 Å². The van der Waals surface area contributed by atoms with Gasteiger partial charge in [0.2, 0.25) is 5.82 Å². The Balaban J connectivity index is 1.57. The quantitative estimate of drug-likeness (QED) is 0.350. The monoisotopic (exact) mass is 496 g/mol. The topological polar surface area (TPSA) is 89.7 Å². The number of methoxy groups -OCH3 is 2. The Morgan fingerprint density at radius 1 is 0.946 bits per heavy atom. The molecule has 2 heterocycles. The number of nitrogens with zero attached hydrogens (tertiary/aromatic N) is 3. The first-order valence-electron chi connectivity index (χ1n) is 11.9. The molecule has 1 N–H and O–H groups in total. The lowest BCUT2D eigenvalue weighted by molar-refractivity contribution is 0.203. The summed E-state index contributed by atoms with van der Waals surface area (Å²) in [5, 5.41) is 7.39. The maximum Gasteiger partial charge on any atom is 0.322 e. The van der Waals surface area contributed by atoms with Crippen LogP contribution in [0.2, 0.25) is 0 Å². The summed E-state index contributed by atoms with van der Waals surface area (Å²) < 4.78 is 16.6. The molecule has 8 heteroatoms. The molecule has 2 amide bonds. The summed E-state index contributed by atoms with van der Waals surface area (Å²) in [6.45, 7) is 4.24. The highest BCUT2D eigenvalue weighted by atomic mass is 16.5. The summed E-state index contributed by atoms with van der Waals surface area (Å²) in [7, 11) is 3.18. The van der Waals surface area contributed by atoms with Crippen LogP contribution >= 0.6 is 0 Å². The predicted octanol–water partition coefficient (Wildman–Crippen LogP) is 5.76. The van der Waals surface area contributed by atoms with E-state index < -0.39 is 6.04 Å². The van der Waals surface area contributed by atoms with Gasteiger partial charge in [-0.15, -0.1) is 0 Å². The van der Waals surface area contributed by atoms with Gasteiger partial charge in [0, 0.05) is 11.3 Å². The van der Waals surface area contributed by atoms with Gasteiger partial charge in [-0.25, -0.2) is 4.79 Å². The van der Waals surface area contributed by atoms with Gasteiger partial charge in [-0.2, -0.15) is 4.98 Å². The molecule has 0 bridgehead atoms. The summed E-state index contributed by atoms with van der Waals surface area (Å²) in [4.78, 5) is 19.8. The van der Waals surface area contributed by atoms with Crippen LogP contribution in [0.5, 0.6) is 11.5 Å². The molecular formula is C29H28N4O4. The largest absolute Gasteiger partial charge is 0.493 e. The van der Waals surface area contributed by atoms with E-state index >= 15 is 0 Å². The predicted molar refractivity (Wildman–Crippen MR) is 140 cm³/mol. The van der Waals surface area contributed by atoms with E-state index in [9.17, 15) is 4.79 Å². The normalized spacial score (nSPS) is 15.5. The Kier molecular flexibility index (Phi) is 6.64. The maximum atomic E-state index is 13.4. The van der Waals surface area contributed by atoms with Crippen LogP contribution in [0.15, 0.2) is 83.0 Å². The molecule has 1 atom stereocenters. The molecule has 1 aliphatic heterocycles. The number of hydrogen-bond donors (Lipinski definition) is 1. The second-order valence-electron chi connectivity index (χ2n) is 8.86. The van der Waals surface area contributed by atoms with E-state index in [2.05, 4.69) is 10.5 Å². The molecule has 37 heavy (non-hydrogen) atoms. The average Bonchev–Trinajstić information content (AvgIpc) is 3.41. The molecule has 1 aromatic heterocycles. The third kappa shape index (κ3) is 4.78. The number of rotatable bonds is 7. The zero-order valence-electron chi connectivity index (χ0n) is 21.2. The van der Waals surface area contributed by atoms with E-state index in [0.717, 1.165) is 33.5 Å². The number of carbonyl (C=O) groups is 1. The lowest BCUT2D eigenvalue weighted by atomic mass is 9.94. The van der Waals surface area contributed by atoms with Gasteiger partial charge in [-0.1, -0.05) is 65.3 Å². The molecule has 0 spiro atoms. The molecule has 0 aliphatic carbocycles. The Morgan fingerprint density at radius 3 is 2.46 bits per heavy atom. The Labute approximate surface area is 215 Å². The van der Waals surface area contributed by atoms with Crippen molar-refractivity contribution in [1.82, 2.24) is 20.4 Å². The van der Waals surface area contributed by atoms with Gasteiger partial charge in [-0.3, -0.25) is 4.90 Å². The van der Waals surface area contributed by atoms with E-state index in [1.165, 1.54) is 0 Å². The molecule has 1 aliphatic rings. The first kappa shape index (κ1) is 24.1. The molecule has 3 aromatic carbocycles. The lowest BCUT2D eigenvalue weighted by Crippen LogP contribution is -2.45. The zero-order valence-corrected chi connectivity index (χ0v) is 21.2. The number of allylic oxidation sites excluding steroid dienone is 1. The van der Waals surface area contributed by atoms with Crippen LogP contribution in [-0.4, -0.2) is 35.3 Å². The molecule has 0 saturated heterocycles. The number of hydrogen-bond acceptors (Lipinski definition) is 6. The highest BCUT2D eigenvalue weighted by Crippen LogP contribution is 2.38. The fourth-order valence-corrected chi connectivity index (χ4v) is 4.54. The van der Waals surface area contributed by atoms with Crippen molar-refractivity contribution in [2.24, 2.45) is 0 Å². The fourth-order valence-electron chi connectivity index (χ4n) is 4.54. The highest BCUT2D eigenvalue weighted by molar-refractivity contribution is 5.87. The number of aryl methyl sites for hydroxylation is 1. The molecule has 5 rings (SSSR count). The van der Waals surface area contributed by atoms with Crippen LogP contribution in [-0.2, 0) is 6.54 Å². The number of benzene rings is 3. The second kappa shape index (κ2) is 10.2. The number of nitrogens with one attached hydrogen (secondary N) is 1. The van der Waals surface area contributed by atoms with Crippen LogP contribution in [0.3, 0.4) is 0 Å². The zero-order chi connectivity index (χ0) is 25.9. The Bertz CT molecular complexity index is 1460. The van der Waals surface area contributed by atoms with Crippen LogP contribution in [0, 0.1) is 6.92 Å². The number of ether oxygens (including phenoxy) is 2. The first-order chi connectivity index (χ1) is 18.0. The van der Waals surface area contributed by atoms with Gasteiger partial charge in [0.1, 0.15) is 0 Å². The molecule has 0 radical (unpaired) electrons. The minimum Gasteiger partial charge on any atom is -0.493 e. The smallest absolute Gasteiger partial charge is 0.322 e. The van der Waals surface area contributed by atoms with Crippen molar-refractivity contribution < 1.29 is 18.8 Å². The van der Waals surface area contributed by atoms with Crippen LogP contribution in [0.1, 0.15) is 35.5 Å². The van der Waals surface area contributed by atoms with Crippen LogP contribution in [0.25, 0.3) is 17.0 Å². The molecule has 188 valence electrons. The summed E-state index contributed by atoms with van der Waals surface area (Å²) in [6, 6.07) is 22.6. The van der Waals surface area contributed by atoms with Crippen molar-refractivity contribution in [2.45, 2.75) is 26.4 Å². The third-order valence-electron chi connectivity index (χ3n) is 6.45. The van der Waals surface area contributed by atoms with Crippen molar-refractivity contribution in [2.75, 3.05) is 14.2 Å². The molecule has 0 fully saturated rings. The highest BCUT2D eigenvalue weighted by Gasteiger charge is 2.35. The van der Waals surface area contributed by atoms with E-state index in [-0.39, 0.29) is 6.03 Å². The molecule has 0 saturated carbocycles. The molecule has 8 nitrogen and oxygen atoms in total. The van der Waals surface area contributed by atoms with Gasteiger partial charge >= 0.3 is 6.03 Å².